The number of fused-ring (bicyclic) bond motifs is 1. The molecule has 1 N–H and O–H groups in total. The third kappa shape index (κ3) is 5.96. The van der Waals surface area contributed by atoms with Gasteiger partial charge in [-0.1, -0.05) is 80.2 Å². The number of hydrogen-bond acceptors (Lipinski definition) is 6. The minimum atomic E-state index is -3.87. The van der Waals surface area contributed by atoms with Crippen molar-refractivity contribution in [2.45, 2.75) is 35.6 Å². The summed E-state index contributed by atoms with van der Waals surface area (Å²) in [5, 5.41) is 1.98. The van der Waals surface area contributed by atoms with Crippen molar-refractivity contribution in [1.29, 1.82) is 0 Å². The van der Waals surface area contributed by atoms with Crippen LogP contribution in [0, 0.1) is 5.92 Å². The molecule has 0 radical (unpaired) electrons. The van der Waals surface area contributed by atoms with E-state index in [-0.39, 0.29) is 10.8 Å². The Bertz CT molecular complexity index is 1380. The Morgan fingerprint density at radius 1 is 0.971 bits per heavy atom. The highest BCUT2D eigenvalue weighted by atomic mass is 32.2. The molecule has 0 fully saturated rings. The predicted octanol–water partition coefficient (Wildman–Crippen LogP) is 5.87. The zero-order chi connectivity index (χ0) is 25.0. The molecule has 0 saturated carbocycles. The van der Waals surface area contributed by atoms with Gasteiger partial charge < -0.3 is 9.15 Å². The minimum absolute atomic E-state index is 0.0923. The molecule has 35 heavy (non-hydrogen) atoms. The molecule has 0 aliphatic rings. The molecule has 1 unspecified atom stereocenters. The van der Waals surface area contributed by atoms with Crippen molar-refractivity contribution in [2.24, 2.45) is 5.92 Å². The third-order valence-electron chi connectivity index (χ3n) is 5.64. The van der Waals surface area contributed by atoms with Crippen LogP contribution in [-0.2, 0) is 25.3 Å². The standard InChI is InChI=1S/C27H27NO5S2/c1-18(2)26(27(29)32-3)28-35(30,31)23-14-12-21(13-15-23)20-10-8-19(9-11-20)17-34-25-16-22-6-4-5-7-24(22)33-25/h4-16,18,26,28H,17H2,1-3H3. The average Bonchev–Trinajstić information content (AvgIpc) is 3.29. The summed E-state index contributed by atoms with van der Waals surface area (Å²) in [4.78, 5) is 12.0. The first-order valence-electron chi connectivity index (χ1n) is 11.2. The van der Waals surface area contributed by atoms with E-state index >= 15 is 0 Å². The molecule has 182 valence electrons. The topological polar surface area (TPSA) is 85.6 Å². The molecule has 0 aliphatic carbocycles. The predicted molar refractivity (Wildman–Crippen MR) is 139 cm³/mol. The number of furan rings is 1. The smallest absolute Gasteiger partial charge is 0.324 e. The number of rotatable bonds is 9. The summed E-state index contributed by atoms with van der Waals surface area (Å²) in [5.41, 5.74) is 3.92. The van der Waals surface area contributed by atoms with E-state index in [1.807, 2.05) is 42.5 Å². The van der Waals surface area contributed by atoms with Gasteiger partial charge >= 0.3 is 5.97 Å². The Morgan fingerprint density at radius 3 is 2.20 bits per heavy atom. The molecule has 0 spiro atoms. The van der Waals surface area contributed by atoms with Gasteiger partial charge in [-0.3, -0.25) is 4.79 Å². The van der Waals surface area contributed by atoms with Gasteiger partial charge in [0.25, 0.3) is 0 Å². The van der Waals surface area contributed by atoms with E-state index in [1.165, 1.54) is 19.2 Å². The molecular formula is C27H27NO5S2. The van der Waals surface area contributed by atoms with Crippen LogP contribution < -0.4 is 4.72 Å². The fraction of sp³-hybridized carbons (Fsp3) is 0.222. The Kier molecular flexibility index (Phi) is 7.64. The number of carbonyl (C=O) groups excluding carboxylic acids is 1. The number of nitrogens with one attached hydrogen (secondary N) is 1. The van der Waals surface area contributed by atoms with Crippen LogP contribution in [0.5, 0.6) is 0 Å². The summed E-state index contributed by atoms with van der Waals surface area (Å²) in [5.74, 6) is -0.0843. The van der Waals surface area contributed by atoms with Gasteiger partial charge in [0, 0.05) is 11.1 Å². The van der Waals surface area contributed by atoms with Gasteiger partial charge in [-0.25, -0.2) is 8.42 Å². The number of ether oxygens (including phenoxy) is 1. The molecule has 4 rings (SSSR count). The second kappa shape index (κ2) is 10.7. The van der Waals surface area contributed by atoms with Crippen molar-refractivity contribution in [3.05, 3.63) is 84.4 Å². The maximum Gasteiger partial charge on any atom is 0.324 e. The highest BCUT2D eigenvalue weighted by molar-refractivity contribution is 7.98. The minimum Gasteiger partial charge on any atom is -0.468 e. The molecule has 3 aromatic carbocycles. The molecule has 0 aliphatic heterocycles. The Morgan fingerprint density at radius 2 is 1.60 bits per heavy atom. The Hall–Kier alpha value is -3.07. The van der Waals surface area contributed by atoms with E-state index in [0.29, 0.717) is 0 Å². The number of sulfonamides is 1. The zero-order valence-electron chi connectivity index (χ0n) is 19.7. The zero-order valence-corrected chi connectivity index (χ0v) is 21.4. The maximum absolute atomic E-state index is 12.8. The lowest BCUT2D eigenvalue weighted by Crippen LogP contribution is -2.44. The molecule has 4 aromatic rings. The normalized spacial score (nSPS) is 12.7. The van der Waals surface area contributed by atoms with E-state index in [0.717, 1.165) is 38.5 Å². The number of carbonyl (C=O) groups is 1. The van der Waals surface area contributed by atoms with Crippen LogP contribution in [0.3, 0.4) is 0 Å². The number of thioether (sulfide) groups is 1. The first-order valence-corrected chi connectivity index (χ1v) is 13.6. The van der Waals surface area contributed by atoms with Gasteiger partial charge in [-0.15, -0.1) is 0 Å². The maximum atomic E-state index is 12.8. The van der Waals surface area contributed by atoms with Crippen LogP contribution >= 0.6 is 11.8 Å². The van der Waals surface area contributed by atoms with E-state index < -0.39 is 22.0 Å². The quantitative estimate of drug-likeness (QED) is 0.224. The summed E-state index contributed by atoms with van der Waals surface area (Å²) in [7, 11) is -2.63. The summed E-state index contributed by atoms with van der Waals surface area (Å²) < 4.78 is 38.6. The largest absolute Gasteiger partial charge is 0.468 e. The van der Waals surface area contributed by atoms with Crippen molar-refractivity contribution < 1.29 is 22.4 Å². The molecule has 0 amide bonds. The molecule has 0 saturated heterocycles. The molecule has 1 heterocycles. The van der Waals surface area contributed by atoms with Crippen LogP contribution in [0.1, 0.15) is 19.4 Å². The Balaban J connectivity index is 1.41. The summed E-state index contributed by atoms with van der Waals surface area (Å²) in [6.45, 7) is 3.51. The number of para-hydroxylation sites is 1. The third-order valence-corrected chi connectivity index (χ3v) is 8.06. The van der Waals surface area contributed by atoms with Crippen LogP contribution in [0.25, 0.3) is 22.1 Å². The highest BCUT2D eigenvalue weighted by Crippen LogP contribution is 2.30. The number of methoxy groups -OCH3 is 1. The lowest BCUT2D eigenvalue weighted by atomic mass is 10.0. The molecule has 6 nitrogen and oxygen atoms in total. The molecule has 8 heteroatoms. The molecule has 1 aromatic heterocycles. The second-order valence-corrected chi connectivity index (χ2v) is 11.2. The van der Waals surface area contributed by atoms with E-state index in [4.69, 9.17) is 9.15 Å². The van der Waals surface area contributed by atoms with Crippen LogP contribution in [0.15, 0.2) is 93.3 Å². The van der Waals surface area contributed by atoms with Crippen molar-refractivity contribution in [3.8, 4) is 11.1 Å². The first kappa shape index (κ1) is 25.0. The number of hydrogen-bond donors (Lipinski definition) is 1. The highest BCUT2D eigenvalue weighted by Gasteiger charge is 2.29. The van der Waals surface area contributed by atoms with Gasteiger partial charge in [-0.2, -0.15) is 4.72 Å². The van der Waals surface area contributed by atoms with Crippen molar-refractivity contribution in [2.75, 3.05) is 7.11 Å². The van der Waals surface area contributed by atoms with Crippen molar-refractivity contribution in [3.63, 3.8) is 0 Å². The van der Waals surface area contributed by atoms with Crippen LogP contribution in [0.2, 0.25) is 0 Å². The second-order valence-electron chi connectivity index (χ2n) is 8.48. The monoisotopic (exact) mass is 509 g/mol. The van der Waals surface area contributed by atoms with Crippen LogP contribution in [0.4, 0.5) is 0 Å². The number of esters is 1. The van der Waals surface area contributed by atoms with Crippen molar-refractivity contribution >= 4 is 38.7 Å². The lowest BCUT2D eigenvalue weighted by molar-refractivity contribution is -0.143. The fourth-order valence-electron chi connectivity index (χ4n) is 3.62. The molecular weight excluding hydrogens is 482 g/mol. The molecule has 0 bridgehead atoms. The SMILES string of the molecule is COC(=O)C(NS(=O)(=O)c1ccc(-c2ccc(CSc3cc4ccccc4o3)cc2)cc1)C(C)C. The van der Waals surface area contributed by atoms with Crippen LogP contribution in [-0.4, -0.2) is 27.5 Å². The lowest BCUT2D eigenvalue weighted by Gasteiger charge is -2.19. The van der Waals surface area contributed by atoms with Gasteiger partial charge in [0.15, 0.2) is 5.09 Å². The Labute approximate surface area is 209 Å². The average molecular weight is 510 g/mol. The van der Waals surface area contributed by atoms with Gasteiger partial charge in [0.05, 0.1) is 12.0 Å². The fourth-order valence-corrected chi connectivity index (χ4v) is 5.82. The van der Waals surface area contributed by atoms with E-state index in [9.17, 15) is 13.2 Å². The summed E-state index contributed by atoms with van der Waals surface area (Å²) >= 11 is 1.64. The number of benzene rings is 3. The molecule has 1 atom stereocenters. The van der Waals surface area contributed by atoms with Gasteiger partial charge in [0.2, 0.25) is 10.0 Å². The summed E-state index contributed by atoms with van der Waals surface area (Å²) in [6.07, 6.45) is 0. The van der Waals surface area contributed by atoms with Gasteiger partial charge in [-0.05, 0) is 46.9 Å². The van der Waals surface area contributed by atoms with E-state index in [1.54, 1.807) is 37.7 Å². The van der Waals surface area contributed by atoms with E-state index in [2.05, 4.69) is 16.9 Å². The first-order chi connectivity index (χ1) is 16.8. The summed E-state index contributed by atoms with van der Waals surface area (Å²) in [6, 6.07) is 23.8. The van der Waals surface area contributed by atoms with Gasteiger partial charge in [0.1, 0.15) is 11.6 Å². The van der Waals surface area contributed by atoms with Crippen molar-refractivity contribution in [1.82, 2.24) is 4.72 Å².